The third kappa shape index (κ3) is 9.15. The topological polar surface area (TPSA) is 139 Å². The molecule has 166 valence electrons. The number of carbonyl (C=O) groups excluding carboxylic acids is 1. The van der Waals surface area contributed by atoms with Gasteiger partial charge in [0.25, 0.3) is 0 Å². The van der Waals surface area contributed by atoms with Crippen LogP contribution in [-0.4, -0.2) is 74.8 Å². The van der Waals surface area contributed by atoms with E-state index in [-0.39, 0.29) is 6.42 Å². The summed E-state index contributed by atoms with van der Waals surface area (Å²) in [4.78, 5) is 12.1. The highest BCUT2D eigenvalue weighted by Crippen LogP contribution is 2.20. The zero-order chi connectivity index (χ0) is 20.9. The van der Waals surface area contributed by atoms with Gasteiger partial charge in [-0.25, -0.2) is 0 Å². The van der Waals surface area contributed by atoms with Crippen molar-refractivity contribution in [3.63, 3.8) is 0 Å². The summed E-state index contributed by atoms with van der Waals surface area (Å²) < 4.78 is 4.99. The van der Waals surface area contributed by atoms with Crippen molar-refractivity contribution in [2.45, 2.75) is 114 Å². The van der Waals surface area contributed by atoms with Crippen LogP contribution < -0.4 is 5.32 Å². The summed E-state index contributed by atoms with van der Waals surface area (Å²) in [7, 11) is 0. The molecule has 8 heteroatoms. The molecule has 8 nitrogen and oxygen atoms in total. The van der Waals surface area contributed by atoms with E-state index in [0.717, 1.165) is 19.3 Å². The Labute approximate surface area is 167 Å². The summed E-state index contributed by atoms with van der Waals surface area (Å²) in [6.07, 6.45) is 4.61. The van der Waals surface area contributed by atoms with Gasteiger partial charge >= 0.3 is 0 Å². The minimum atomic E-state index is -1.55. The highest BCUT2D eigenvalue weighted by Gasteiger charge is 2.44. The number of aliphatic hydroxyl groups excluding tert-OH is 5. The number of nitrogens with one attached hydrogen (secondary N) is 1. The molecule has 28 heavy (non-hydrogen) atoms. The van der Waals surface area contributed by atoms with Gasteiger partial charge in [0.05, 0.1) is 19.1 Å². The van der Waals surface area contributed by atoms with Crippen LogP contribution in [0.4, 0.5) is 0 Å². The molecular weight excluding hydrogens is 366 g/mol. The van der Waals surface area contributed by atoms with E-state index in [0.29, 0.717) is 6.42 Å². The first kappa shape index (κ1) is 25.3. The number of carbonyl (C=O) groups is 1. The molecule has 0 spiro atoms. The Kier molecular flexibility index (Phi) is 12.9. The van der Waals surface area contributed by atoms with Crippen LogP contribution in [0.2, 0.25) is 0 Å². The van der Waals surface area contributed by atoms with E-state index < -0.39 is 49.3 Å². The molecule has 1 aliphatic heterocycles. The summed E-state index contributed by atoms with van der Waals surface area (Å²) in [5.74, 6) is -0.537. The first-order valence-electron chi connectivity index (χ1n) is 10.7. The zero-order valence-corrected chi connectivity index (χ0v) is 17.0. The normalized spacial score (nSPS) is 28.9. The van der Waals surface area contributed by atoms with Crippen LogP contribution in [0.25, 0.3) is 0 Å². The van der Waals surface area contributed by atoms with Crippen molar-refractivity contribution in [1.82, 2.24) is 5.32 Å². The Morgan fingerprint density at radius 2 is 1.54 bits per heavy atom. The monoisotopic (exact) mass is 405 g/mol. The molecule has 6 atom stereocenters. The van der Waals surface area contributed by atoms with Crippen LogP contribution in [0, 0.1) is 0 Å². The second kappa shape index (κ2) is 14.3. The maximum Gasteiger partial charge on any atom is 0.223 e. The van der Waals surface area contributed by atoms with Crippen molar-refractivity contribution in [2.75, 3.05) is 6.61 Å². The SMILES string of the molecule is CCCCCCCCCCCC(O)CC(=O)N[C@H]1[C@@H](O)[C@H](O)[C@@H](CO)O[C@@H]1O. The Morgan fingerprint density at radius 1 is 0.964 bits per heavy atom. The van der Waals surface area contributed by atoms with E-state index in [1.807, 2.05) is 0 Å². The second-order valence-electron chi connectivity index (χ2n) is 7.80. The quantitative estimate of drug-likeness (QED) is 0.232. The molecular formula is C20H39NO7. The molecule has 1 saturated heterocycles. The van der Waals surface area contributed by atoms with Crippen molar-refractivity contribution < 1.29 is 35.1 Å². The van der Waals surface area contributed by atoms with Gasteiger partial charge < -0.3 is 35.6 Å². The molecule has 0 aromatic heterocycles. The number of amides is 1. The Morgan fingerprint density at radius 3 is 2.11 bits per heavy atom. The fourth-order valence-corrected chi connectivity index (χ4v) is 3.50. The van der Waals surface area contributed by atoms with E-state index in [1.165, 1.54) is 38.5 Å². The minimum absolute atomic E-state index is 0.146. The van der Waals surface area contributed by atoms with Crippen molar-refractivity contribution in [3.05, 3.63) is 0 Å². The lowest BCUT2D eigenvalue weighted by atomic mass is 9.96. The van der Waals surface area contributed by atoms with E-state index in [4.69, 9.17) is 9.84 Å². The van der Waals surface area contributed by atoms with Crippen LogP contribution >= 0.6 is 0 Å². The summed E-state index contributed by atoms with van der Waals surface area (Å²) in [5, 5.41) is 51.1. The van der Waals surface area contributed by atoms with Gasteiger partial charge in [-0.05, 0) is 6.42 Å². The fraction of sp³-hybridized carbons (Fsp3) is 0.950. The first-order chi connectivity index (χ1) is 13.4. The van der Waals surface area contributed by atoms with Crippen LogP contribution in [-0.2, 0) is 9.53 Å². The van der Waals surface area contributed by atoms with E-state index >= 15 is 0 Å². The van der Waals surface area contributed by atoms with Gasteiger partial charge in [-0.2, -0.15) is 0 Å². The number of rotatable bonds is 14. The number of ether oxygens (including phenoxy) is 1. The van der Waals surface area contributed by atoms with E-state index in [2.05, 4.69) is 12.2 Å². The van der Waals surface area contributed by atoms with E-state index in [1.54, 1.807) is 0 Å². The van der Waals surface area contributed by atoms with Gasteiger partial charge in [-0.1, -0.05) is 64.7 Å². The number of hydrogen-bond acceptors (Lipinski definition) is 7. The van der Waals surface area contributed by atoms with Crippen molar-refractivity contribution in [1.29, 1.82) is 0 Å². The molecule has 1 rings (SSSR count). The lowest BCUT2D eigenvalue weighted by molar-refractivity contribution is -0.254. The molecule has 0 aliphatic carbocycles. The molecule has 1 fully saturated rings. The third-order valence-corrected chi connectivity index (χ3v) is 5.29. The van der Waals surface area contributed by atoms with Crippen LogP contribution in [0.3, 0.4) is 0 Å². The van der Waals surface area contributed by atoms with Gasteiger partial charge in [0, 0.05) is 0 Å². The summed E-state index contributed by atoms with van der Waals surface area (Å²) >= 11 is 0. The summed E-state index contributed by atoms with van der Waals surface area (Å²) in [6, 6.07) is -1.22. The molecule has 0 saturated carbocycles. The Hall–Kier alpha value is -0.770. The molecule has 0 aromatic rings. The Balaban J connectivity index is 2.17. The highest BCUT2D eigenvalue weighted by atomic mass is 16.6. The molecule has 1 amide bonds. The van der Waals surface area contributed by atoms with Gasteiger partial charge in [0.2, 0.25) is 5.91 Å². The van der Waals surface area contributed by atoms with Crippen molar-refractivity contribution in [3.8, 4) is 0 Å². The van der Waals surface area contributed by atoms with Gasteiger partial charge in [0.1, 0.15) is 24.4 Å². The van der Waals surface area contributed by atoms with Crippen LogP contribution in [0.1, 0.15) is 77.6 Å². The average Bonchev–Trinajstić information content (AvgIpc) is 2.66. The molecule has 1 aliphatic rings. The average molecular weight is 406 g/mol. The van der Waals surface area contributed by atoms with Crippen molar-refractivity contribution in [2.24, 2.45) is 0 Å². The zero-order valence-electron chi connectivity index (χ0n) is 17.0. The van der Waals surface area contributed by atoms with Crippen LogP contribution in [0.5, 0.6) is 0 Å². The molecule has 0 radical (unpaired) electrons. The fourth-order valence-electron chi connectivity index (χ4n) is 3.50. The maximum absolute atomic E-state index is 12.1. The smallest absolute Gasteiger partial charge is 0.223 e. The molecule has 0 bridgehead atoms. The number of hydrogen-bond donors (Lipinski definition) is 6. The first-order valence-corrected chi connectivity index (χ1v) is 10.7. The van der Waals surface area contributed by atoms with Crippen molar-refractivity contribution >= 4 is 5.91 Å². The molecule has 1 unspecified atom stereocenters. The lowest BCUT2D eigenvalue weighted by Gasteiger charge is -2.40. The lowest BCUT2D eigenvalue weighted by Crippen LogP contribution is -2.64. The van der Waals surface area contributed by atoms with Crippen LogP contribution in [0.15, 0.2) is 0 Å². The largest absolute Gasteiger partial charge is 0.394 e. The van der Waals surface area contributed by atoms with Gasteiger partial charge in [-0.15, -0.1) is 0 Å². The second-order valence-corrected chi connectivity index (χ2v) is 7.80. The minimum Gasteiger partial charge on any atom is -0.394 e. The third-order valence-electron chi connectivity index (χ3n) is 5.29. The maximum atomic E-state index is 12.1. The van der Waals surface area contributed by atoms with E-state index in [9.17, 15) is 25.2 Å². The highest BCUT2D eigenvalue weighted by molar-refractivity contribution is 5.76. The number of aliphatic hydroxyl groups is 5. The molecule has 6 N–H and O–H groups in total. The standard InChI is InChI=1S/C20H39NO7/c1-2-3-4-5-6-7-8-9-10-11-14(23)12-16(24)21-17-19(26)18(25)15(13-22)28-20(17)27/h14-15,17-20,22-23,25-27H,2-13H2,1H3,(H,21,24)/t14?,15-,17+,18-,19-,20+/m1/s1. The number of unbranched alkanes of at least 4 members (excludes halogenated alkanes) is 8. The summed E-state index contributed by atoms with van der Waals surface area (Å²) in [5.41, 5.74) is 0. The summed E-state index contributed by atoms with van der Waals surface area (Å²) in [6.45, 7) is 1.64. The molecule has 0 aromatic carbocycles. The Bertz CT molecular complexity index is 423. The molecule has 1 heterocycles. The van der Waals surface area contributed by atoms with Gasteiger partial charge in [0.15, 0.2) is 6.29 Å². The predicted octanol–water partition coefficient (Wildman–Crippen LogP) is 0.574. The predicted molar refractivity (Wildman–Crippen MR) is 104 cm³/mol. The van der Waals surface area contributed by atoms with Gasteiger partial charge in [-0.3, -0.25) is 4.79 Å².